The van der Waals surface area contributed by atoms with Crippen molar-refractivity contribution in [3.05, 3.63) is 170 Å². The fourth-order valence-corrected chi connectivity index (χ4v) is 8.16. The van der Waals surface area contributed by atoms with E-state index in [0.717, 1.165) is 44.6 Å². The maximum atomic E-state index is 5.34. The molecule has 51 heavy (non-hydrogen) atoms. The van der Waals surface area contributed by atoms with E-state index >= 15 is 0 Å². The second kappa shape index (κ2) is 12.1. The van der Waals surface area contributed by atoms with Crippen LogP contribution in [0, 0.1) is 0 Å². The highest BCUT2D eigenvalue weighted by atomic mass is 32.1. The van der Waals surface area contributed by atoms with Crippen molar-refractivity contribution >= 4 is 53.2 Å². The number of nitrogens with zero attached hydrogens (tertiary/aromatic N) is 4. The first-order valence-electron chi connectivity index (χ1n) is 17.0. The normalized spacial score (nSPS) is 11.5. The summed E-state index contributed by atoms with van der Waals surface area (Å²) in [5.41, 5.74) is 8.24. The third-order valence-corrected chi connectivity index (χ3v) is 10.7. The molecule has 0 aliphatic carbocycles. The summed E-state index contributed by atoms with van der Waals surface area (Å²) in [7, 11) is 0. The molecule has 0 aliphatic heterocycles. The molecule has 0 atom stereocenters. The fraction of sp³-hybridized carbons (Fsp3) is 0. The maximum Gasteiger partial charge on any atom is 0.164 e. The van der Waals surface area contributed by atoms with Crippen LogP contribution in [0.25, 0.3) is 98.4 Å². The van der Waals surface area contributed by atoms with E-state index in [4.69, 9.17) is 19.9 Å². The Morgan fingerprint density at radius 3 is 1.43 bits per heavy atom. The van der Waals surface area contributed by atoms with E-state index in [0.29, 0.717) is 17.5 Å². The van der Waals surface area contributed by atoms with Gasteiger partial charge in [0, 0.05) is 47.8 Å². The minimum absolute atomic E-state index is 0.645. The van der Waals surface area contributed by atoms with E-state index in [9.17, 15) is 0 Å². The smallest absolute Gasteiger partial charge is 0.164 e. The number of pyridine rings is 1. The molecule has 0 spiro atoms. The molecule has 0 unspecified atom stereocenters. The van der Waals surface area contributed by atoms with E-state index in [1.807, 2.05) is 72.0 Å². The summed E-state index contributed by atoms with van der Waals surface area (Å²) >= 11 is 1.85. The highest BCUT2D eigenvalue weighted by Crippen LogP contribution is 2.43. The van der Waals surface area contributed by atoms with Crippen molar-refractivity contribution < 1.29 is 0 Å². The minimum Gasteiger partial charge on any atom is -0.247 e. The number of benzene rings is 7. The summed E-state index contributed by atoms with van der Waals surface area (Å²) in [6.45, 7) is 0. The summed E-state index contributed by atoms with van der Waals surface area (Å²) < 4.78 is 2.56. The molecule has 5 heteroatoms. The van der Waals surface area contributed by atoms with Gasteiger partial charge in [0.15, 0.2) is 17.5 Å². The van der Waals surface area contributed by atoms with Crippen molar-refractivity contribution in [3.63, 3.8) is 0 Å². The van der Waals surface area contributed by atoms with E-state index in [1.54, 1.807) is 0 Å². The summed E-state index contributed by atoms with van der Waals surface area (Å²) in [5.74, 6) is 1.95. The van der Waals surface area contributed by atoms with Gasteiger partial charge in [-0.05, 0) is 40.1 Å². The van der Waals surface area contributed by atoms with Crippen LogP contribution in [-0.4, -0.2) is 19.9 Å². The second-order valence-electron chi connectivity index (χ2n) is 12.7. The molecular weight excluding hydrogens is 641 g/mol. The number of hydrogen-bond donors (Lipinski definition) is 0. The van der Waals surface area contributed by atoms with Gasteiger partial charge >= 0.3 is 0 Å². The summed E-state index contributed by atoms with van der Waals surface area (Å²) in [4.78, 5) is 20.0. The van der Waals surface area contributed by atoms with Gasteiger partial charge in [-0.15, -0.1) is 11.3 Å². The molecule has 238 valence electrons. The maximum absolute atomic E-state index is 5.34. The lowest BCUT2D eigenvalue weighted by atomic mass is 9.98. The van der Waals surface area contributed by atoms with Gasteiger partial charge in [0.25, 0.3) is 0 Å². The molecule has 4 nitrogen and oxygen atoms in total. The van der Waals surface area contributed by atoms with Crippen LogP contribution in [-0.2, 0) is 0 Å². The fourth-order valence-electron chi connectivity index (χ4n) is 6.93. The molecule has 0 saturated carbocycles. The molecule has 10 rings (SSSR count). The molecule has 3 heterocycles. The number of rotatable bonds is 5. The van der Waals surface area contributed by atoms with Crippen molar-refractivity contribution in [1.29, 1.82) is 0 Å². The third-order valence-electron chi connectivity index (χ3n) is 9.51. The number of hydrogen-bond acceptors (Lipinski definition) is 5. The van der Waals surface area contributed by atoms with Crippen molar-refractivity contribution in [1.82, 2.24) is 19.9 Å². The summed E-state index contributed by atoms with van der Waals surface area (Å²) in [6, 6.07) is 59.1. The molecule has 0 amide bonds. The molecule has 0 saturated heterocycles. The van der Waals surface area contributed by atoms with Crippen LogP contribution in [0.15, 0.2) is 170 Å². The Kier molecular flexibility index (Phi) is 6.96. The van der Waals surface area contributed by atoms with Gasteiger partial charge in [0.2, 0.25) is 0 Å². The Hall–Kier alpha value is -6.56. The molecule has 0 aliphatic rings. The zero-order valence-electron chi connectivity index (χ0n) is 27.4. The van der Waals surface area contributed by atoms with Crippen molar-refractivity contribution in [2.45, 2.75) is 0 Å². The van der Waals surface area contributed by atoms with E-state index in [-0.39, 0.29) is 0 Å². The SMILES string of the molecule is c1ccc(-c2nc(-c3ccccc3)nc(-c3ccc(-c4ccc(-c5nc6cc7ccccc7cc6c6sc7ccccc7c56)cc4)cc3)n2)cc1. The molecule has 0 N–H and O–H groups in total. The Morgan fingerprint density at radius 1 is 0.353 bits per heavy atom. The number of thiophene rings is 1. The summed E-state index contributed by atoms with van der Waals surface area (Å²) in [5, 5.41) is 6.11. The minimum atomic E-state index is 0.645. The van der Waals surface area contributed by atoms with Gasteiger partial charge < -0.3 is 0 Å². The molecule has 3 aromatic heterocycles. The quantitative estimate of drug-likeness (QED) is 0.171. The van der Waals surface area contributed by atoms with Crippen LogP contribution < -0.4 is 0 Å². The van der Waals surface area contributed by atoms with Crippen molar-refractivity contribution in [2.75, 3.05) is 0 Å². The van der Waals surface area contributed by atoms with Gasteiger partial charge in [-0.3, -0.25) is 0 Å². The van der Waals surface area contributed by atoms with Crippen molar-refractivity contribution in [2.24, 2.45) is 0 Å². The van der Waals surface area contributed by atoms with Crippen LogP contribution in [0.4, 0.5) is 0 Å². The summed E-state index contributed by atoms with van der Waals surface area (Å²) in [6.07, 6.45) is 0. The monoisotopic (exact) mass is 668 g/mol. The predicted octanol–water partition coefficient (Wildman–Crippen LogP) is 12.3. The topological polar surface area (TPSA) is 51.6 Å². The van der Waals surface area contributed by atoms with E-state index < -0.39 is 0 Å². The molecule has 0 fully saturated rings. The molecular formula is C46H28N4S. The number of aromatic nitrogens is 4. The van der Waals surface area contributed by atoms with Gasteiger partial charge in [0.05, 0.1) is 11.2 Å². The first-order valence-corrected chi connectivity index (χ1v) is 17.8. The lowest BCUT2D eigenvalue weighted by Crippen LogP contribution is -2.00. The molecule has 7 aromatic carbocycles. The number of fused-ring (bicyclic) bond motifs is 6. The van der Waals surface area contributed by atoms with Gasteiger partial charge in [-0.2, -0.15) is 0 Å². The Morgan fingerprint density at radius 2 is 0.824 bits per heavy atom. The first kappa shape index (κ1) is 29.4. The Labute approximate surface area is 298 Å². The van der Waals surface area contributed by atoms with Crippen LogP contribution in [0.2, 0.25) is 0 Å². The van der Waals surface area contributed by atoms with Crippen LogP contribution in [0.3, 0.4) is 0 Å². The first-order chi connectivity index (χ1) is 25.2. The Bertz CT molecular complexity index is 2820. The second-order valence-corrected chi connectivity index (χ2v) is 13.7. The van der Waals surface area contributed by atoms with Crippen LogP contribution in [0.5, 0.6) is 0 Å². The average molecular weight is 669 g/mol. The highest BCUT2D eigenvalue weighted by Gasteiger charge is 2.17. The van der Waals surface area contributed by atoms with Gasteiger partial charge in [-0.25, -0.2) is 19.9 Å². The third kappa shape index (κ3) is 5.23. The van der Waals surface area contributed by atoms with Gasteiger partial charge in [0.1, 0.15) is 0 Å². The van der Waals surface area contributed by atoms with Crippen molar-refractivity contribution in [3.8, 4) is 56.5 Å². The zero-order valence-corrected chi connectivity index (χ0v) is 28.2. The average Bonchev–Trinajstić information content (AvgIpc) is 3.61. The van der Waals surface area contributed by atoms with E-state index in [2.05, 4.69) is 109 Å². The highest BCUT2D eigenvalue weighted by molar-refractivity contribution is 7.26. The largest absolute Gasteiger partial charge is 0.247 e. The Balaban J connectivity index is 1.03. The molecule has 10 aromatic rings. The molecule has 0 radical (unpaired) electrons. The molecule has 0 bridgehead atoms. The van der Waals surface area contributed by atoms with Gasteiger partial charge in [-0.1, -0.05) is 152 Å². The van der Waals surface area contributed by atoms with E-state index in [1.165, 1.54) is 36.3 Å². The lowest BCUT2D eigenvalue weighted by molar-refractivity contribution is 1.07. The standard InChI is InChI=1S/C46H28N4S/c1-3-11-32(12-4-1)44-48-45(33-13-5-2-6-14-33)50-46(49-44)34-25-21-30(22-26-34)29-19-23-31(24-20-29)42-41-37-17-9-10-18-40(37)51-43(41)38-27-35-15-7-8-16-36(35)28-39(38)47-42/h1-28H. The zero-order chi connectivity index (χ0) is 33.7. The van der Waals surface area contributed by atoms with Crippen LogP contribution >= 0.6 is 11.3 Å². The lowest BCUT2D eigenvalue weighted by Gasteiger charge is -2.11. The van der Waals surface area contributed by atoms with Crippen LogP contribution in [0.1, 0.15) is 0 Å². The predicted molar refractivity (Wildman–Crippen MR) is 213 cm³/mol.